The fraction of sp³-hybridized carbons (Fsp3) is 0.0968. The fourth-order valence-corrected chi connectivity index (χ4v) is 5.11. The van der Waals surface area contributed by atoms with Crippen LogP contribution >= 0.6 is 0 Å². The van der Waals surface area contributed by atoms with Crippen LogP contribution in [-0.2, 0) is 13.5 Å². The van der Waals surface area contributed by atoms with Crippen molar-refractivity contribution in [3.63, 3.8) is 0 Å². The van der Waals surface area contributed by atoms with E-state index in [2.05, 4.69) is 20.6 Å². The number of carbonyl (C=O) groups is 1. The molecule has 2 N–H and O–H groups in total. The van der Waals surface area contributed by atoms with Gasteiger partial charge in [-0.1, -0.05) is 0 Å². The molecule has 0 bridgehead atoms. The van der Waals surface area contributed by atoms with Gasteiger partial charge in [0.2, 0.25) is 0 Å². The first-order chi connectivity index (χ1) is 20.9. The number of nitrogens with zero attached hydrogens (tertiary/aromatic N) is 4. The van der Waals surface area contributed by atoms with Crippen LogP contribution in [0.1, 0.15) is 15.9 Å². The largest absolute Gasteiger partial charge is 0.492 e. The Hall–Kier alpha value is -5.78. The highest BCUT2D eigenvalue weighted by Gasteiger charge is 2.27. The molecule has 6 aromatic rings. The molecule has 0 unspecified atom stereocenters. The molecule has 1 amide bonds. The lowest BCUT2D eigenvalue weighted by molar-refractivity contribution is 0.102. The molecule has 0 spiro atoms. The Kier molecular flexibility index (Phi) is 6.23. The number of ether oxygens (including phenoxy) is 2. The lowest BCUT2D eigenvalue weighted by Gasteiger charge is -2.14. The topological polar surface area (TPSA) is 116 Å². The van der Waals surface area contributed by atoms with E-state index < -0.39 is 23.1 Å². The summed E-state index contributed by atoms with van der Waals surface area (Å²) in [4.78, 5) is 26.8. The monoisotopic (exact) mass is 580 g/mol. The summed E-state index contributed by atoms with van der Waals surface area (Å²) in [5.74, 6) is -1.47. The predicted octanol–water partition coefficient (Wildman–Crippen LogP) is 5.37. The molecule has 7 rings (SSSR count). The number of hydrogen-bond donors (Lipinski definition) is 2. The van der Waals surface area contributed by atoms with Gasteiger partial charge >= 0.3 is 0 Å². The average molecular weight is 581 g/mol. The lowest BCUT2D eigenvalue weighted by atomic mass is 10.1. The third-order valence-electron chi connectivity index (χ3n) is 7.25. The molecule has 214 valence electrons. The van der Waals surface area contributed by atoms with Crippen LogP contribution in [0.15, 0.2) is 84.2 Å². The van der Waals surface area contributed by atoms with Gasteiger partial charge in [-0.05, 0) is 48.5 Å². The van der Waals surface area contributed by atoms with E-state index in [1.807, 2.05) is 13.1 Å². The molecule has 4 heterocycles. The van der Waals surface area contributed by atoms with Crippen molar-refractivity contribution >= 4 is 22.5 Å². The first-order valence-electron chi connectivity index (χ1n) is 13.3. The number of aromatic nitrogens is 5. The molecule has 0 fully saturated rings. The second-order valence-corrected chi connectivity index (χ2v) is 9.97. The summed E-state index contributed by atoms with van der Waals surface area (Å²) in [6, 6.07) is 13.0. The third-order valence-corrected chi connectivity index (χ3v) is 7.25. The van der Waals surface area contributed by atoms with Gasteiger partial charge in [-0.15, -0.1) is 0 Å². The van der Waals surface area contributed by atoms with Crippen molar-refractivity contribution in [2.45, 2.75) is 6.42 Å². The molecule has 0 radical (unpaired) electrons. The van der Waals surface area contributed by atoms with E-state index in [0.29, 0.717) is 35.6 Å². The highest BCUT2D eigenvalue weighted by molar-refractivity contribution is 6.06. The van der Waals surface area contributed by atoms with Gasteiger partial charge in [-0.3, -0.25) is 23.9 Å². The first-order valence-corrected chi connectivity index (χ1v) is 13.3. The molecule has 3 aromatic carbocycles. The molecule has 0 aliphatic carbocycles. The van der Waals surface area contributed by atoms with Crippen LogP contribution in [0, 0.1) is 11.6 Å². The molecular formula is C31H22F2N6O4. The van der Waals surface area contributed by atoms with Gasteiger partial charge in [0, 0.05) is 65.4 Å². The lowest BCUT2D eigenvalue weighted by Crippen LogP contribution is -2.29. The molecular weight excluding hydrogens is 558 g/mol. The zero-order valence-corrected chi connectivity index (χ0v) is 22.6. The van der Waals surface area contributed by atoms with E-state index in [1.54, 1.807) is 35.5 Å². The SMILES string of the molecule is Cn1ncc2cc(Oc3ccc(NC(=O)c4c5c(cn(-c6ccc(F)cc6)c4=O)CCO5)cc3F)c(-c3cn[nH]c3)cc21. The predicted molar refractivity (Wildman–Crippen MR) is 154 cm³/mol. The maximum Gasteiger partial charge on any atom is 0.271 e. The van der Waals surface area contributed by atoms with Crippen molar-refractivity contribution in [2.75, 3.05) is 11.9 Å². The van der Waals surface area contributed by atoms with Crippen LogP contribution < -0.4 is 20.3 Å². The van der Waals surface area contributed by atoms with Crippen molar-refractivity contribution < 1.29 is 23.0 Å². The number of amides is 1. The zero-order valence-electron chi connectivity index (χ0n) is 22.6. The Labute approximate surface area is 242 Å². The number of H-pyrrole nitrogens is 1. The molecule has 0 saturated carbocycles. The molecule has 10 nitrogen and oxygen atoms in total. The minimum absolute atomic E-state index is 0.0754. The molecule has 1 aliphatic rings. The maximum atomic E-state index is 15.4. The normalized spacial score (nSPS) is 12.3. The van der Waals surface area contributed by atoms with Crippen molar-refractivity contribution in [3.05, 3.63) is 112 Å². The Morgan fingerprint density at radius 3 is 2.67 bits per heavy atom. The van der Waals surface area contributed by atoms with E-state index in [1.165, 1.54) is 41.0 Å². The fourth-order valence-electron chi connectivity index (χ4n) is 5.11. The third kappa shape index (κ3) is 4.68. The number of halogens is 2. The second kappa shape index (κ2) is 10.2. The molecule has 0 saturated heterocycles. The van der Waals surface area contributed by atoms with Gasteiger partial charge in [0.25, 0.3) is 11.5 Å². The Morgan fingerprint density at radius 2 is 1.91 bits per heavy atom. The summed E-state index contributed by atoms with van der Waals surface area (Å²) in [5.41, 5.74) is 2.55. The van der Waals surface area contributed by atoms with Crippen LogP contribution in [0.25, 0.3) is 27.7 Å². The number of benzene rings is 3. The van der Waals surface area contributed by atoms with Crippen LogP contribution in [-0.4, -0.2) is 37.1 Å². The maximum absolute atomic E-state index is 15.4. The van der Waals surface area contributed by atoms with Crippen LogP contribution in [0.5, 0.6) is 17.2 Å². The highest BCUT2D eigenvalue weighted by Crippen LogP contribution is 2.38. The molecule has 43 heavy (non-hydrogen) atoms. The molecule has 1 aliphatic heterocycles. The first kappa shape index (κ1) is 26.1. The number of rotatable bonds is 6. The van der Waals surface area contributed by atoms with Crippen molar-refractivity contribution in [1.29, 1.82) is 0 Å². The average Bonchev–Trinajstić information content (AvgIpc) is 3.76. The van der Waals surface area contributed by atoms with Crippen molar-refractivity contribution in [1.82, 2.24) is 24.5 Å². The van der Waals surface area contributed by atoms with Gasteiger partial charge in [0.15, 0.2) is 11.6 Å². The summed E-state index contributed by atoms with van der Waals surface area (Å²) >= 11 is 0. The quantitative estimate of drug-likeness (QED) is 0.274. The minimum Gasteiger partial charge on any atom is -0.492 e. The van der Waals surface area contributed by atoms with Crippen LogP contribution in [0.4, 0.5) is 14.5 Å². The van der Waals surface area contributed by atoms with Gasteiger partial charge in [0.1, 0.15) is 22.9 Å². The highest BCUT2D eigenvalue weighted by atomic mass is 19.1. The van der Waals surface area contributed by atoms with Crippen LogP contribution in [0.3, 0.4) is 0 Å². The molecule has 12 heteroatoms. The molecule has 3 aromatic heterocycles. The Balaban J connectivity index is 1.19. The summed E-state index contributed by atoms with van der Waals surface area (Å²) in [5, 5.41) is 14.5. The van der Waals surface area contributed by atoms with Gasteiger partial charge < -0.3 is 14.8 Å². The summed E-state index contributed by atoms with van der Waals surface area (Å²) in [6.07, 6.45) is 7.09. The number of anilines is 1. The van der Waals surface area contributed by atoms with E-state index in [-0.39, 0.29) is 22.7 Å². The van der Waals surface area contributed by atoms with Gasteiger partial charge in [0.05, 0.1) is 24.5 Å². The number of aryl methyl sites for hydroxylation is 1. The van der Waals surface area contributed by atoms with E-state index >= 15 is 4.39 Å². The van der Waals surface area contributed by atoms with Crippen LogP contribution in [0.2, 0.25) is 0 Å². The number of aromatic amines is 1. The number of fused-ring (bicyclic) bond motifs is 2. The summed E-state index contributed by atoms with van der Waals surface area (Å²) < 4.78 is 43.5. The Bertz CT molecular complexity index is 2090. The zero-order chi connectivity index (χ0) is 29.7. The van der Waals surface area contributed by atoms with E-state index in [9.17, 15) is 14.0 Å². The van der Waals surface area contributed by atoms with Gasteiger partial charge in [-0.25, -0.2) is 8.78 Å². The van der Waals surface area contributed by atoms with Crippen molar-refractivity contribution in [3.8, 4) is 34.1 Å². The standard InChI is InChI=1S/C31H22F2N6O4/c1-38-25-12-23(19-13-34-35-14-19)27(10-18(25)15-36-38)43-26-7-4-21(11-24(26)33)37-30(40)28-29-17(8-9-42-29)16-39(31(28)41)22-5-2-20(32)3-6-22/h2-7,10-16H,8-9H2,1H3,(H,34,35)(H,37,40). The second-order valence-electron chi connectivity index (χ2n) is 9.97. The Morgan fingerprint density at radius 1 is 1.07 bits per heavy atom. The minimum atomic E-state index is -0.767. The van der Waals surface area contributed by atoms with Crippen molar-refractivity contribution in [2.24, 2.45) is 7.05 Å². The number of pyridine rings is 1. The van der Waals surface area contributed by atoms with Gasteiger partial charge in [-0.2, -0.15) is 10.2 Å². The number of nitrogens with one attached hydrogen (secondary N) is 2. The number of hydrogen-bond acceptors (Lipinski definition) is 6. The van der Waals surface area contributed by atoms with E-state index in [4.69, 9.17) is 9.47 Å². The summed E-state index contributed by atoms with van der Waals surface area (Å²) in [7, 11) is 1.82. The van der Waals surface area contributed by atoms with E-state index in [0.717, 1.165) is 22.5 Å². The summed E-state index contributed by atoms with van der Waals surface area (Å²) in [6.45, 7) is 0.300. The smallest absolute Gasteiger partial charge is 0.271 e. The number of carbonyl (C=O) groups excluding carboxylic acids is 1. The molecule has 0 atom stereocenters.